The largest absolute Gasteiger partial charge is 0.496 e. The molecule has 0 amide bonds. The highest BCUT2D eigenvalue weighted by Gasteiger charge is 2.06. The molecular weight excluding hydrogens is 317 g/mol. The molecule has 130 valence electrons. The molecule has 0 aromatic heterocycles. The van der Waals surface area contributed by atoms with Crippen molar-refractivity contribution in [2.75, 3.05) is 12.6 Å². The van der Waals surface area contributed by atoms with Gasteiger partial charge in [0.2, 0.25) is 0 Å². The summed E-state index contributed by atoms with van der Waals surface area (Å²) in [4.78, 5) is 0. The minimum atomic E-state index is -0.233. The third kappa shape index (κ3) is 5.33. The zero-order valence-corrected chi connectivity index (χ0v) is 14.4. The molecule has 0 radical (unpaired) electrons. The molecule has 0 aliphatic rings. The molecule has 4 heteroatoms. The fraction of sp³-hybridized carbons (Fsp3) is 0.143. The average molecular weight is 339 g/mol. The summed E-state index contributed by atoms with van der Waals surface area (Å²) in [5.74, 6) is 0.399. The number of hydrogen-bond donors (Lipinski definition) is 2. The van der Waals surface area contributed by atoms with Gasteiger partial charge in [0.05, 0.1) is 12.8 Å². The van der Waals surface area contributed by atoms with Crippen LogP contribution in [0.25, 0.3) is 5.57 Å². The molecule has 0 unspecified atom stereocenters. The predicted molar refractivity (Wildman–Crippen MR) is 99.8 cm³/mol. The van der Waals surface area contributed by atoms with Crippen LogP contribution >= 0.6 is 0 Å². The van der Waals surface area contributed by atoms with Crippen LogP contribution in [0.15, 0.2) is 78.6 Å². The van der Waals surface area contributed by atoms with Crippen LogP contribution in [0.3, 0.4) is 0 Å². The first-order chi connectivity index (χ1) is 12.0. The van der Waals surface area contributed by atoms with Gasteiger partial charge in [-0.1, -0.05) is 42.5 Å². The van der Waals surface area contributed by atoms with E-state index in [1.54, 1.807) is 31.4 Å². The molecule has 0 heterocycles. The van der Waals surface area contributed by atoms with Gasteiger partial charge < -0.3 is 4.74 Å². The second-order valence-corrected chi connectivity index (χ2v) is 5.72. The summed E-state index contributed by atoms with van der Waals surface area (Å²) in [6.45, 7) is 6.08. The lowest BCUT2D eigenvalue weighted by Crippen LogP contribution is -1.94. The average Bonchev–Trinajstić information content (AvgIpc) is 2.64. The first kappa shape index (κ1) is 18.5. The molecular formula is C21H22FNO2. The molecule has 3 nitrogen and oxygen atoms in total. The van der Waals surface area contributed by atoms with Crippen molar-refractivity contribution in [1.29, 1.82) is 0 Å². The lowest BCUT2D eigenvalue weighted by atomic mass is 10.0. The smallest absolute Gasteiger partial charge is 0.126 e. The van der Waals surface area contributed by atoms with Gasteiger partial charge >= 0.3 is 0 Å². The van der Waals surface area contributed by atoms with E-state index >= 15 is 0 Å². The summed E-state index contributed by atoms with van der Waals surface area (Å²) in [6.07, 6.45) is 4.55. The zero-order chi connectivity index (χ0) is 18.2. The first-order valence-electron chi connectivity index (χ1n) is 7.89. The Kier molecular flexibility index (Phi) is 6.54. The monoisotopic (exact) mass is 339 g/mol. The normalized spacial score (nSPS) is 12.0. The van der Waals surface area contributed by atoms with E-state index in [-0.39, 0.29) is 5.82 Å². The van der Waals surface area contributed by atoms with Crippen molar-refractivity contribution in [2.24, 2.45) is 0 Å². The van der Waals surface area contributed by atoms with E-state index in [4.69, 9.17) is 9.94 Å². The Bertz CT molecular complexity index is 792. The van der Waals surface area contributed by atoms with Crippen LogP contribution in [0.4, 0.5) is 10.1 Å². The van der Waals surface area contributed by atoms with Crippen LogP contribution < -0.4 is 5.48 Å². The lowest BCUT2D eigenvalue weighted by molar-refractivity contribution is 0.311. The predicted octanol–water partition coefficient (Wildman–Crippen LogP) is 5.36. The third-order valence-corrected chi connectivity index (χ3v) is 3.77. The van der Waals surface area contributed by atoms with Crippen LogP contribution in [0.2, 0.25) is 0 Å². The Morgan fingerprint density at radius 2 is 1.92 bits per heavy atom. The highest BCUT2D eigenvalue weighted by molar-refractivity contribution is 5.77. The molecule has 2 N–H and O–H groups in total. The number of nitrogens with one attached hydrogen (secondary N) is 1. The molecule has 25 heavy (non-hydrogen) atoms. The maximum Gasteiger partial charge on any atom is 0.126 e. The number of rotatable bonds is 7. The first-order valence-corrected chi connectivity index (χ1v) is 7.89. The molecule has 0 aliphatic heterocycles. The summed E-state index contributed by atoms with van der Waals surface area (Å²) < 4.78 is 18.4. The number of anilines is 1. The van der Waals surface area contributed by atoms with E-state index in [1.165, 1.54) is 12.1 Å². The zero-order valence-electron chi connectivity index (χ0n) is 14.4. The van der Waals surface area contributed by atoms with Crippen LogP contribution in [0, 0.1) is 5.82 Å². The highest BCUT2D eigenvalue weighted by atomic mass is 19.1. The fourth-order valence-corrected chi connectivity index (χ4v) is 2.41. The molecule has 0 saturated carbocycles. The van der Waals surface area contributed by atoms with Crippen molar-refractivity contribution in [3.8, 4) is 0 Å². The summed E-state index contributed by atoms with van der Waals surface area (Å²) >= 11 is 0. The minimum absolute atomic E-state index is 0.233. The van der Waals surface area contributed by atoms with E-state index in [0.717, 1.165) is 23.1 Å². The second kappa shape index (κ2) is 8.85. The lowest BCUT2D eigenvalue weighted by Gasteiger charge is -2.11. The van der Waals surface area contributed by atoms with Gasteiger partial charge in [0.15, 0.2) is 0 Å². The Hall–Kier alpha value is -2.85. The third-order valence-electron chi connectivity index (χ3n) is 3.77. The van der Waals surface area contributed by atoms with Crippen molar-refractivity contribution >= 4 is 11.3 Å². The van der Waals surface area contributed by atoms with Gasteiger partial charge in [-0.2, -0.15) is 0 Å². The number of hydrogen-bond acceptors (Lipinski definition) is 3. The molecule has 2 aromatic rings. The molecule has 2 aromatic carbocycles. The number of benzene rings is 2. The maximum atomic E-state index is 13.0. The summed E-state index contributed by atoms with van der Waals surface area (Å²) in [5, 5.41) is 9.01. The highest BCUT2D eigenvalue weighted by Crippen LogP contribution is 2.24. The summed E-state index contributed by atoms with van der Waals surface area (Å²) in [6, 6.07) is 13.7. The second-order valence-electron chi connectivity index (χ2n) is 5.72. The number of allylic oxidation sites excluding steroid dienone is 4. The van der Waals surface area contributed by atoms with E-state index in [2.05, 4.69) is 12.1 Å². The van der Waals surface area contributed by atoms with Gasteiger partial charge in [-0.05, 0) is 54.8 Å². The summed E-state index contributed by atoms with van der Waals surface area (Å²) in [7, 11) is 1.59. The number of halogens is 1. The Morgan fingerprint density at radius 3 is 2.56 bits per heavy atom. The van der Waals surface area contributed by atoms with Gasteiger partial charge in [-0.25, -0.2) is 4.39 Å². The Balaban J connectivity index is 2.14. The Morgan fingerprint density at radius 1 is 1.20 bits per heavy atom. The number of methoxy groups -OCH3 is 1. The van der Waals surface area contributed by atoms with E-state index in [0.29, 0.717) is 17.0 Å². The SMILES string of the molecule is C=C(/C(=C\C=C(/C)Cc1ccc(F)cc1)OC)c1cccc(NO)c1. The molecule has 2 rings (SSSR count). The van der Waals surface area contributed by atoms with E-state index < -0.39 is 0 Å². The van der Waals surface area contributed by atoms with Gasteiger partial charge in [0.1, 0.15) is 11.6 Å². The van der Waals surface area contributed by atoms with Crippen molar-refractivity contribution in [2.45, 2.75) is 13.3 Å². The van der Waals surface area contributed by atoms with Gasteiger partial charge in [-0.15, -0.1) is 0 Å². The van der Waals surface area contributed by atoms with E-state index in [1.807, 2.05) is 31.2 Å². The molecule has 0 saturated heterocycles. The maximum absolute atomic E-state index is 13.0. The minimum Gasteiger partial charge on any atom is -0.496 e. The van der Waals surface area contributed by atoms with Crippen LogP contribution in [-0.2, 0) is 11.2 Å². The molecule has 0 atom stereocenters. The van der Waals surface area contributed by atoms with Gasteiger partial charge in [0, 0.05) is 5.57 Å². The van der Waals surface area contributed by atoms with E-state index in [9.17, 15) is 4.39 Å². The van der Waals surface area contributed by atoms with Crippen molar-refractivity contribution in [1.82, 2.24) is 0 Å². The fourth-order valence-electron chi connectivity index (χ4n) is 2.41. The Labute approximate surface area is 147 Å². The molecule has 0 fully saturated rings. The van der Waals surface area contributed by atoms with Crippen LogP contribution in [-0.4, -0.2) is 12.3 Å². The standard InChI is InChI=1S/C21H22FNO2/c1-15(13-17-8-10-19(22)11-9-17)7-12-21(25-3)16(2)18-5-4-6-20(14-18)23-24/h4-12,14,23-24H,2,13H2,1,3H3/b15-7+,21-12+. The van der Waals surface area contributed by atoms with Crippen LogP contribution in [0.1, 0.15) is 18.1 Å². The quantitative estimate of drug-likeness (QED) is 0.405. The van der Waals surface area contributed by atoms with Crippen molar-refractivity contribution in [3.63, 3.8) is 0 Å². The van der Waals surface area contributed by atoms with Gasteiger partial charge in [-0.3, -0.25) is 10.7 Å². The topological polar surface area (TPSA) is 41.5 Å². The van der Waals surface area contributed by atoms with Crippen LogP contribution in [0.5, 0.6) is 0 Å². The summed E-state index contributed by atoms with van der Waals surface area (Å²) in [5.41, 5.74) is 6.41. The number of ether oxygens (including phenoxy) is 1. The van der Waals surface area contributed by atoms with Crippen molar-refractivity contribution < 1.29 is 14.3 Å². The molecule has 0 spiro atoms. The van der Waals surface area contributed by atoms with Crippen molar-refractivity contribution in [3.05, 3.63) is 95.5 Å². The molecule has 0 aliphatic carbocycles. The van der Waals surface area contributed by atoms with Gasteiger partial charge in [0.25, 0.3) is 0 Å². The molecule has 0 bridgehead atoms.